The fraction of sp³-hybridized carbons (Fsp3) is 0.333. The van der Waals surface area contributed by atoms with Crippen LogP contribution in [-0.4, -0.2) is 41.7 Å². The molecule has 3 rings (SSSR count). The first-order valence-electron chi connectivity index (χ1n) is 9.62. The molecule has 0 bridgehead atoms. The highest BCUT2D eigenvalue weighted by atomic mass is 32.2. The number of thioether (sulfide) groups is 1. The summed E-state index contributed by atoms with van der Waals surface area (Å²) in [6, 6.07) is 13.1. The largest absolute Gasteiger partial charge is 0.376 e. The Morgan fingerprint density at radius 3 is 2.63 bits per heavy atom. The van der Waals surface area contributed by atoms with Gasteiger partial charge in [-0.1, -0.05) is 24.3 Å². The van der Waals surface area contributed by atoms with Gasteiger partial charge in [0.05, 0.1) is 28.0 Å². The third-order valence-electron chi connectivity index (χ3n) is 4.61. The number of nitro benzene ring substituents is 1. The number of nitrogens with zero attached hydrogens (tertiary/aromatic N) is 1. The molecule has 158 valence electrons. The Labute approximate surface area is 178 Å². The van der Waals surface area contributed by atoms with Crippen LogP contribution < -0.4 is 10.6 Å². The number of carbonyl (C=O) groups excluding carboxylic acids is 2. The molecular formula is C21H23N3O5S. The Morgan fingerprint density at radius 1 is 1.17 bits per heavy atom. The van der Waals surface area contributed by atoms with Crippen LogP contribution in [0.1, 0.15) is 28.8 Å². The molecule has 2 aromatic rings. The molecule has 0 aliphatic carbocycles. The molecule has 2 aromatic carbocycles. The van der Waals surface area contributed by atoms with E-state index in [9.17, 15) is 19.7 Å². The fourth-order valence-corrected chi connectivity index (χ4v) is 3.85. The van der Waals surface area contributed by atoms with Crippen LogP contribution in [0.3, 0.4) is 0 Å². The molecule has 0 unspecified atom stereocenters. The highest BCUT2D eigenvalue weighted by Gasteiger charge is 2.18. The van der Waals surface area contributed by atoms with E-state index in [0.717, 1.165) is 25.0 Å². The van der Waals surface area contributed by atoms with Crippen molar-refractivity contribution in [1.82, 2.24) is 5.32 Å². The van der Waals surface area contributed by atoms with E-state index in [4.69, 9.17) is 4.74 Å². The zero-order valence-corrected chi connectivity index (χ0v) is 17.2. The van der Waals surface area contributed by atoms with Crippen LogP contribution in [0.2, 0.25) is 0 Å². The number of hydrogen-bond acceptors (Lipinski definition) is 6. The van der Waals surface area contributed by atoms with Crippen molar-refractivity contribution in [2.75, 3.05) is 24.2 Å². The van der Waals surface area contributed by atoms with Crippen LogP contribution >= 0.6 is 11.8 Å². The maximum Gasteiger partial charge on any atom is 0.269 e. The van der Waals surface area contributed by atoms with Gasteiger partial charge < -0.3 is 15.4 Å². The lowest BCUT2D eigenvalue weighted by molar-refractivity contribution is -0.384. The molecule has 1 atom stereocenters. The summed E-state index contributed by atoms with van der Waals surface area (Å²) in [5.41, 5.74) is 1.80. The van der Waals surface area contributed by atoms with Crippen LogP contribution in [-0.2, 0) is 15.3 Å². The van der Waals surface area contributed by atoms with Crippen molar-refractivity contribution in [3.05, 3.63) is 69.8 Å². The topological polar surface area (TPSA) is 111 Å². The molecule has 2 amide bonds. The molecule has 30 heavy (non-hydrogen) atoms. The number of hydrogen-bond donors (Lipinski definition) is 2. The minimum Gasteiger partial charge on any atom is -0.376 e. The number of ether oxygens (including phenoxy) is 1. The first-order chi connectivity index (χ1) is 14.5. The highest BCUT2D eigenvalue weighted by molar-refractivity contribution is 7.99. The summed E-state index contributed by atoms with van der Waals surface area (Å²) in [6.07, 6.45) is 1.99. The molecule has 1 aliphatic rings. The molecule has 1 heterocycles. The van der Waals surface area contributed by atoms with Crippen molar-refractivity contribution in [2.45, 2.75) is 24.7 Å². The molecule has 1 aliphatic heterocycles. The van der Waals surface area contributed by atoms with Crippen molar-refractivity contribution < 1.29 is 19.2 Å². The van der Waals surface area contributed by atoms with Gasteiger partial charge >= 0.3 is 0 Å². The van der Waals surface area contributed by atoms with E-state index in [2.05, 4.69) is 10.6 Å². The highest BCUT2D eigenvalue weighted by Crippen LogP contribution is 2.19. The van der Waals surface area contributed by atoms with E-state index in [1.807, 2.05) is 0 Å². The summed E-state index contributed by atoms with van der Waals surface area (Å²) < 4.78 is 5.51. The van der Waals surface area contributed by atoms with Gasteiger partial charge in [0.25, 0.3) is 11.6 Å². The van der Waals surface area contributed by atoms with E-state index in [-0.39, 0.29) is 29.4 Å². The van der Waals surface area contributed by atoms with E-state index < -0.39 is 4.92 Å². The third kappa shape index (κ3) is 6.30. The van der Waals surface area contributed by atoms with Crippen molar-refractivity contribution in [3.8, 4) is 0 Å². The minimum absolute atomic E-state index is 0.0378. The Balaban J connectivity index is 1.48. The van der Waals surface area contributed by atoms with Gasteiger partial charge in [-0.3, -0.25) is 19.7 Å². The SMILES string of the molecule is O=C(CSCc1ccc([N+](=O)[O-])cc1)Nc1ccccc1C(=O)NC[C@@H]1CCCO1. The lowest BCUT2D eigenvalue weighted by atomic mass is 10.1. The average Bonchev–Trinajstić information content (AvgIpc) is 3.26. The van der Waals surface area contributed by atoms with E-state index >= 15 is 0 Å². The normalized spacial score (nSPS) is 15.5. The zero-order valence-electron chi connectivity index (χ0n) is 16.3. The Hall–Kier alpha value is -2.91. The molecule has 1 saturated heterocycles. The number of anilines is 1. The number of amides is 2. The molecule has 8 nitrogen and oxygen atoms in total. The van der Waals surface area contributed by atoms with Crippen LogP contribution in [0.5, 0.6) is 0 Å². The second-order valence-electron chi connectivity index (χ2n) is 6.86. The van der Waals surface area contributed by atoms with E-state index in [1.54, 1.807) is 36.4 Å². The van der Waals surface area contributed by atoms with Gasteiger partial charge in [-0.2, -0.15) is 0 Å². The van der Waals surface area contributed by atoms with Crippen molar-refractivity contribution in [2.24, 2.45) is 0 Å². The molecule has 0 spiro atoms. The number of rotatable bonds is 9. The predicted molar refractivity (Wildman–Crippen MR) is 116 cm³/mol. The second kappa shape index (κ2) is 10.7. The summed E-state index contributed by atoms with van der Waals surface area (Å²) in [5, 5.41) is 16.3. The van der Waals surface area contributed by atoms with Gasteiger partial charge in [-0.25, -0.2) is 0 Å². The molecule has 0 aromatic heterocycles. The van der Waals surface area contributed by atoms with Crippen LogP contribution in [0.4, 0.5) is 11.4 Å². The summed E-state index contributed by atoms with van der Waals surface area (Å²) in [6.45, 7) is 1.18. The van der Waals surface area contributed by atoms with Gasteiger partial charge in [0.1, 0.15) is 0 Å². The first-order valence-corrected chi connectivity index (χ1v) is 10.8. The summed E-state index contributed by atoms with van der Waals surface area (Å²) in [4.78, 5) is 35.1. The Kier molecular flexibility index (Phi) is 7.81. The Morgan fingerprint density at radius 2 is 1.93 bits per heavy atom. The van der Waals surface area contributed by atoms with Crippen LogP contribution in [0.25, 0.3) is 0 Å². The number of carbonyl (C=O) groups is 2. The molecule has 1 fully saturated rings. The van der Waals surface area contributed by atoms with Crippen molar-refractivity contribution in [1.29, 1.82) is 0 Å². The fourth-order valence-electron chi connectivity index (χ4n) is 3.06. The second-order valence-corrected chi connectivity index (χ2v) is 7.84. The predicted octanol–water partition coefficient (Wildman–Crippen LogP) is 3.38. The van der Waals surface area contributed by atoms with Gasteiger partial charge in [0.2, 0.25) is 5.91 Å². The number of nitro groups is 1. The van der Waals surface area contributed by atoms with E-state index in [1.165, 1.54) is 23.9 Å². The molecule has 2 N–H and O–H groups in total. The zero-order chi connectivity index (χ0) is 21.3. The lowest BCUT2D eigenvalue weighted by Crippen LogP contribution is -2.32. The number of nitrogens with one attached hydrogen (secondary N) is 2. The molecule has 0 radical (unpaired) electrons. The van der Waals surface area contributed by atoms with Gasteiger partial charge in [0, 0.05) is 31.0 Å². The number of non-ortho nitro benzene ring substituents is 1. The summed E-state index contributed by atoms with van der Waals surface area (Å²) in [5.74, 6) is 0.277. The van der Waals surface area contributed by atoms with Gasteiger partial charge in [0.15, 0.2) is 0 Å². The average molecular weight is 429 g/mol. The van der Waals surface area contributed by atoms with Crippen LogP contribution in [0, 0.1) is 10.1 Å². The van der Waals surface area contributed by atoms with Gasteiger partial charge in [-0.15, -0.1) is 11.8 Å². The molecule has 0 saturated carbocycles. The quantitative estimate of drug-likeness (QED) is 0.467. The third-order valence-corrected chi connectivity index (χ3v) is 5.61. The van der Waals surface area contributed by atoms with E-state index in [0.29, 0.717) is 23.5 Å². The smallest absolute Gasteiger partial charge is 0.269 e. The van der Waals surface area contributed by atoms with Gasteiger partial charge in [-0.05, 0) is 30.5 Å². The minimum atomic E-state index is -0.446. The van der Waals surface area contributed by atoms with Crippen molar-refractivity contribution >= 4 is 35.0 Å². The molecule has 9 heteroatoms. The van der Waals surface area contributed by atoms with Crippen molar-refractivity contribution in [3.63, 3.8) is 0 Å². The molecular weight excluding hydrogens is 406 g/mol. The maximum absolute atomic E-state index is 12.5. The maximum atomic E-state index is 12.5. The summed E-state index contributed by atoms with van der Waals surface area (Å²) in [7, 11) is 0. The van der Waals surface area contributed by atoms with Crippen LogP contribution in [0.15, 0.2) is 48.5 Å². The number of para-hydroxylation sites is 1. The standard InChI is InChI=1S/C21H23N3O5S/c25-20(14-30-13-15-7-9-16(10-8-15)24(27)28)23-19-6-2-1-5-18(19)21(26)22-12-17-4-3-11-29-17/h1-2,5-10,17H,3-4,11-14H2,(H,22,26)(H,23,25)/t17-/m0/s1. The first kappa shape index (κ1) is 21.8. The lowest BCUT2D eigenvalue weighted by Gasteiger charge is -2.13. The Bertz CT molecular complexity index is 898. The summed E-state index contributed by atoms with van der Waals surface area (Å²) >= 11 is 1.39. The monoisotopic (exact) mass is 429 g/mol. The number of benzene rings is 2.